The number of aromatic nitrogens is 4. The molecule has 2 aromatic heterocycles. The lowest BCUT2D eigenvalue weighted by molar-refractivity contribution is -0.136. The molecule has 0 radical (unpaired) electrons. The largest absolute Gasteiger partial charge is 0.465 e. The molecule has 2 saturated heterocycles. The van der Waals surface area contributed by atoms with Gasteiger partial charge >= 0.3 is 12.2 Å². The molecular weight excluding hydrogens is 933 g/mol. The van der Waals surface area contributed by atoms with Crippen molar-refractivity contribution < 1.29 is 55.0 Å². The van der Waals surface area contributed by atoms with Gasteiger partial charge in [0.05, 0.1) is 43.0 Å². The molecule has 69 heavy (non-hydrogen) atoms. The van der Waals surface area contributed by atoms with Gasteiger partial charge in [-0.1, -0.05) is 94.5 Å². The standard InChI is InChI=1S/C37H48N8O6.C10H8O6S2/c1-22(2)30(42-36(48)49)34(46)45-19-9-13-29(45)33-39-21-27(41-33)25-16-14-24(15-17-25)10-6-7-11-26-20-38-32(40-26)28-12-8-18-44(28)35(47)31(23(3)4)43-37(50)51-5;11-17(12,13)9-5-1-3-7-8(9)4-2-6-10(7)18(14,15)16/h6-7,10-11,14-17,20-23,28-31,42H,8-9,12-13,18-19H2,1-5H3,(H,38,40)(H,39,41)(H,43,50)(H,48,49);1-6H,(H,11,12,13)(H,14,15,16)/t28-,29-,30-,31-;/m0./s1. The van der Waals surface area contributed by atoms with Crippen molar-refractivity contribution in [3.05, 3.63) is 108 Å². The lowest BCUT2D eigenvalue weighted by Gasteiger charge is -2.29. The lowest BCUT2D eigenvalue weighted by Crippen LogP contribution is -2.51. The van der Waals surface area contributed by atoms with E-state index in [0.717, 1.165) is 60.3 Å². The maximum absolute atomic E-state index is 13.4. The zero-order valence-electron chi connectivity index (χ0n) is 38.6. The van der Waals surface area contributed by atoms with Gasteiger partial charge in [-0.3, -0.25) is 18.7 Å². The maximum Gasteiger partial charge on any atom is 0.407 e. The van der Waals surface area contributed by atoms with Crippen molar-refractivity contribution in [1.29, 1.82) is 0 Å². The Morgan fingerprint density at radius 2 is 1.20 bits per heavy atom. The number of likely N-dealkylation sites (tertiary alicyclic amines) is 2. The second-order valence-electron chi connectivity index (χ2n) is 17.2. The van der Waals surface area contributed by atoms with Gasteiger partial charge in [-0.2, -0.15) is 16.8 Å². The molecule has 4 amide bonds. The first-order chi connectivity index (χ1) is 32.7. The van der Waals surface area contributed by atoms with Gasteiger partial charge in [-0.25, -0.2) is 19.6 Å². The van der Waals surface area contributed by atoms with Crippen LogP contribution in [0.2, 0.25) is 0 Å². The van der Waals surface area contributed by atoms with Crippen LogP contribution in [0.5, 0.6) is 0 Å². The van der Waals surface area contributed by atoms with Crippen molar-refractivity contribution in [2.45, 2.75) is 87.3 Å². The van der Waals surface area contributed by atoms with E-state index in [-0.39, 0.29) is 46.5 Å². The van der Waals surface area contributed by atoms with Crippen LogP contribution < -0.4 is 10.6 Å². The number of H-pyrrole nitrogens is 2. The Morgan fingerprint density at radius 1 is 0.710 bits per heavy atom. The number of ether oxygens (including phenoxy) is 1. The van der Waals surface area contributed by atoms with Crippen molar-refractivity contribution >= 4 is 67.2 Å². The fraction of sp³-hybridized carbons (Fsp3) is 0.362. The molecule has 2 fully saturated rings. The fourth-order valence-corrected chi connectivity index (χ4v) is 9.81. The predicted molar refractivity (Wildman–Crippen MR) is 256 cm³/mol. The topological polar surface area (TPSA) is 294 Å². The Morgan fingerprint density at radius 3 is 1.70 bits per heavy atom. The van der Waals surface area contributed by atoms with Gasteiger partial charge in [-0.05, 0) is 66.9 Å². The van der Waals surface area contributed by atoms with Crippen LogP contribution in [0.4, 0.5) is 9.59 Å². The third-order valence-corrected chi connectivity index (χ3v) is 13.6. The van der Waals surface area contributed by atoms with Gasteiger partial charge < -0.3 is 40.2 Å². The second kappa shape index (κ2) is 22.0. The van der Waals surface area contributed by atoms with E-state index in [0.29, 0.717) is 24.7 Å². The van der Waals surface area contributed by atoms with Crippen molar-refractivity contribution in [1.82, 2.24) is 40.4 Å². The fourth-order valence-electron chi connectivity index (χ4n) is 8.39. The highest BCUT2D eigenvalue weighted by Crippen LogP contribution is 2.34. The number of allylic oxidation sites excluding steroid dienone is 2. The number of nitrogens with zero attached hydrogens (tertiary/aromatic N) is 4. The number of hydrogen-bond acceptors (Lipinski definition) is 11. The number of imidazole rings is 2. The molecule has 20 nitrogen and oxygen atoms in total. The highest BCUT2D eigenvalue weighted by atomic mass is 32.2. The monoisotopic (exact) mass is 988 g/mol. The van der Waals surface area contributed by atoms with E-state index in [9.17, 15) is 41.1 Å². The first kappa shape index (κ1) is 51.5. The summed E-state index contributed by atoms with van der Waals surface area (Å²) in [6.07, 6.45) is 12.6. The summed E-state index contributed by atoms with van der Waals surface area (Å²) in [6, 6.07) is 13.6. The molecule has 7 N–H and O–H groups in total. The summed E-state index contributed by atoms with van der Waals surface area (Å²) in [5.74, 6) is 0.739. The summed E-state index contributed by atoms with van der Waals surface area (Å²) in [7, 11) is -7.65. The van der Waals surface area contributed by atoms with Gasteiger partial charge in [0, 0.05) is 23.9 Å². The van der Waals surface area contributed by atoms with E-state index in [1.165, 1.54) is 31.4 Å². The molecule has 4 atom stereocenters. The SMILES string of the molecule is COC(=O)N[C@H](C(=O)N1CCC[C@H]1c1ncc(C=CC=Cc2ccc(-c3cnc([C@@H]4CCCN4C(=O)[C@@H](NC(=O)O)C(C)C)[nH]3)cc2)[nH]1)C(C)C.O=S(=O)(O)c1cccc2c(S(=O)(=O)O)cccc12. The summed E-state index contributed by atoms with van der Waals surface area (Å²) < 4.78 is 67.4. The average molecular weight is 989 g/mol. The predicted octanol–water partition coefficient (Wildman–Crippen LogP) is 6.86. The number of methoxy groups -OCH3 is 1. The first-order valence-electron chi connectivity index (χ1n) is 22.1. The van der Waals surface area contributed by atoms with Crippen LogP contribution in [0, 0.1) is 11.8 Å². The molecule has 0 aliphatic carbocycles. The number of rotatable bonds is 14. The van der Waals surface area contributed by atoms with Crippen molar-refractivity contribution in [3.63, 3.8) is 0 Å². The van der Waals surface area contributed by atoms with Crippen molar-refractivity contribution in [2.24, 2.45) is 11.8 Å². The molecule has 368 valence electrons. The molecule has 2 aliphatic heterocycles. The number of carbonyl (C=O) groups is 4. The van der Waals surface area contributed by atoms with Crippen LogP contribution >= 0.6 is 0 Å². The van der Waals surface area contributed by atoms with E-state index < -0.39 is 54.3 Å². The van der Waals surface area contributed by atoms with E-state index >= 15 is 0 Å². The van der Waals surface area contributed by atoms with Crippen LogP contribution in [0.3, 0.4) is 0 Å². The Kier molecular flexibility index (Phi) is 16.5. The van der Waals surface area contributed by atoms with E-state index in [2.05, 4.69) is 30.6 Å². The van der Waals surface area contributed by atoms with Crippen molar-refractivity contribution in [2.75, 3.05) is 20.2 Å². The number of amides is 4. The van der Waals surface area contributed by atoms with E-state index in [1.54, 1.807) is 22.2 Å². The summed E-state index contributed by atoms with van der Waals surface area (Å²) in [5, 5.41) is 14.3. The third kappa shape index (κ3) is 12.6. The van der Waals surface area contributed by atoms with Gasteiger partial charge in [0.15, 0.2) is 0 Å². The van der Waals surface area contributed by atoms with Crippen LogP contribution in [0.1, 0.15) is 88.4 Å². The molecule has 0 saturated carbocycles. The minimum Gasteiger partial charge on any atom is -0.465 e. The summed E-state index contributed by atoms with van der Waals surface area (Å²) in [6.45, 7) is 8.58. The highest BCUT2D eigenvalue weighted by molar-refractivity contribution is 7.86. The van der Waals surface area contributed by atoms with Crippen LogP contribution in [0.15, 0.2) is 95.0 Å². The van der Waals surface area contributed by atoms with Crippen LogP contribution in [-0.2, 0) is 34.6 Å². The van der Waals surface area contributed by atoms with E-state index in [1.807, 2.05) is 76.3 Å². The minimum atomic E-state index is -4.47. The lowest BCUT2D eigenvalue weighted by atomic mass is 10.0. The number of alkyl carbamates (subject to hydrolysis) is 1. The van der Waals surface area contributed by atoms with Crippen LogP contribution in [0.25, 0.3) is 34.2 Å². The normalized spacial score (nSPS) is 17.3. The molecule has 3 aromatic carbocycles. The number of nitrogens with one attached hydrogen (secondary N) is 4. The van der Waals surface area contributed by atoms with Gasteiger partial charge in [0.25, 0.3) is 20.2 Å². The smallest absolute Gasteiger partial charge is 0.407 e. The molecule has 7 rings (SSSR count). The van der Waals surface area contributed by atoms with Gasteiger partial charge in [0.1, 0.15) is 33.5 Å². The number of carbonyl (C=O) groups excluding carboxylic acids is 3. The van der Waals surface area contributed by atoms with Gasteiger partial charge in [0.2, 0.25) is 11.8 Å². The molecule has 4 heterocycles. The Hall–Kier alpha value is -6.88. The third-order valence-electron chi connectivity index (χ3n) is 11.8. The first-order valence-corrected chi connectivity index (χ1v) is 25.0. The Labute approximate surface area is 399 Å². The zero-order chi connectivity index (χ0) is 50.2. The number of benzene rings is 3. The number of carboxylic acid groups (broad SMARTS) is 1. The zero-order valence-corrected chi connectivity index (χ0v) is 40.2. The maximum atomic E-state index is 13.4. The van der Waals surface area contributed by atoms with Gasteiger partial charge in [-0.15, -0.1) is 0 Å². The van der Waals surface area contributed by atoms with Crippen molar-refractivity contribution in [3.8, 4) is 11.3 Å². The molecular formula is C47H56N8O12S2. The highest BCUT2D eigenvalue weighted by Gasteiger charge is 2.39. The molecule has 0 bridgehead atoms. The number of fused-ring (bicyclic) bond motifs is 1. The summed E-state index contributed by atoms with van der Waals surface area (Å²) in [5.41, 5.74) is 3.61. The second-order valence-corrected chi connectivity index (χ2v) is 20.0. The molecule has 5 aromatic rings. The number of hydrogen-bond donors (Lipinski definition) is 7. The quantitative estimate of drug-likeness (QED) is 0.0442. The molecule has 22 heteroatoms. The summed E-state index contributed by atoms with van der Waals surface area (Å²) in [4.78, 5) is 68.4. The Balaban J connectivity index is 0.000000362. The van der Waals surface area contributed by atoms with Crippen LogP contribution in [-0.4, -0.2) is 117 Å². The van der Waals surface area contributed by atoms with E-state index in [4.69, 9.17) is 13.8 Å². The minimum absolute atomic E-state index is 0.0233. The number of aromatic amines is 2. The average Bonchev–Trinajstić information content (AvgIpc) is 4.15. The molecule has 0 unspecified atom stereocenters. The summed E-state index contributed by atoms with van der Waals surface area (Å²) >= 11 is 0. The molecule has 2 aliphatic rings. The Bertz CT molecular complexity index is 2880. The molecule has 0 spiro atoms.